The minimum absolute atomic E-state index is 0.606. The van der Waals surface area contributed by atoms with Gasteiger partial charge in [-0.2, -0.15) is 0 Å². The summed E-state index contributed by atoms with van der Waals surface area (Å²) in [4.78, 5) is 2.57. The van der Waals surface area contributed by atoms with Crippen LogP contribution in [0.2, 0.25) is 5.02 Å². The highest BCUT2D eigenvalue weighted by molar-refractivity contribution is 6.31. The van der Waals surface area contributed by atoms with Crippen LogP contribution in [-0.2, 0) is 13.0 Å². The Morgan fingerprint density at radius 1 is 1.07 bits per heavy atom. The van der Waals surface area contributed by atoms with Gasteiger partial charge in [-0.05, 0) is 92.5 Å². The lowest BCUT2D eigenvalue weighted by Gasteiger charge is -2.32. The predicted octanol–water partition coefficient (Wildman–Crippen LogP) is 5.02. The molecule has 1 N–H and O–H groups in total. The summed E-state index contributed by atoms with van der Waals surface area (Å²) in [6.45, 7) is 6.28. The third-order valence-corrected chi connectivity index (χ3v) is 6.46. The second-order valence-electron chi connectivity index (χ2n) is 8.05. The van der Waals surface area contributed by atoms with E-state index in [0.717, 1.165) is 56.5 Å². The van der Waals surface area contributed by atoms with Crippen molar-refractivity contribution in [2.75, 3.05) is 32.8 Å². The van der Waals surface area contributed by atoms with Crippen molar-refractivity contribution in [3.63, 3.8) is 0 Å². The maximum absolute atomic E-state index is 6.37. The van der Waals surface area contributed by atoms with Crippen LogP contribution in [0.1, 0.15) is 48.3 Å². The molecule has 2 heterocycles. The molecule has 2 aromatic carbocycles. The number of nitrogens with zero attached hydrogens (tertiary/aromatic N) is 1. The Labute approximate surface area is 174 Å². The SMILES string of the molecule is Clc1ccccc1C1CCN(CCCOc2ccc3c(c2)CNCCC3)CC1. The number of piperidine rings is 1. The first-order chi connectivity index (χ1) is 13.8. The topological polar surface area (TPSA) is 24.5 Å². The molecule has 0 spiro atoms. The fourth-order valence-corrected chi connectivity index (χ4v) is 4.77. The average Bonchev–Trinajstić information content (AvgIpc) is 2.97. The number of aryl methyl sites for hydroxylation is 1. The van der Waals surface area contributed by atoms with Crippen LogP contribution >= 0.6 is 11.6 Å². The second kappa shape index (κ2) is 9.78. The van der Waals surface area contributed by atoms with Crippen molar-refractivity contribution in [2.24, 2.45) is 0 Å². The van der Waals surface area contributed by atoms with Crippen LogP contribution in [0.4, 0.5) is 0 Å². The molecule has 0 bridgehead atoms. The largest absolute Gasteiger partial charge is 0.494 e. The lowest BCUT2D eigenvalue weighted by Crippen LogP contribution is -2.34. The number of halogens is 1. The molecule has 4 heteroatoms. The first kappa shape index (κ1) is 19.8. The highest BCUT2D eigenvalue weighted by Crippen LogP contribution is 2.32. The van der Waals surface area contributed by atoms with E-state index in [1.807, 2.05) is 12.1 Å². The molecule has 0 amide bonds. The van der Waals surface area contributed by atoms with Crippen LogP contribution in [0, 0.1) is 0 Å². The summed E-state index contributed by atoms with van der Waals surface area (Å²) in [5.74, 6) is 1.62. The Hall–Kier alpha value is -1.55. The molecule has 0 radical (unpaired) electrons. The molecule has 2 aliphatic rings. The number of rotatable bonds is 6. The van der Waals surface area contributed by atoms with E-state index in [4.69, 9.17) is 16.3 Å². The monoisotopic (exact) mass is 398 g/mol. The van der Waals surface area contributed by atoms with Crippen molar-refractivity contribution in [2.45, 2.75) is 44.6 Å². The fourth-order valence-electron chi connectivity index (χ4n) is 4.48. The summed E-state index contributed by atoms with van der Waals surface area (Å²) < 4.78 is 6.04. The molecule has 28 heavy (non-hydrogen) atoms. The van der Waals surface area contributed by atoms with Crippen LogP contribution in [0.15, 0.2) is 42.5 Å². The van der Waals surface area contributed by atoms with Crippen LogP contribution < -0.4 is 10.1 Å². The fraction of sp³-hybridized carbons (Fsp3) is 0.500. The lowest BCUT2D eigenvalue weighted by molar-refractivity contribution is 0.193. The van der Waals surface area contributed by atoms with Gasteiger partial charge in [0.05, 0.1) is 6.61 Å². The smallest absolute Gasteiger partial charge is 0.119 e. The Morgan fingerprint density at radius 2 is 1.93 bits per heavy atom. The second-order valence-corrected chi connectivity index (χ2v) is 8.46. The molecule has 0 aromatic heterocycles. The number of likely N-dealkylation sites (tertiary alicyclic amines) is 1. The Morgan fingerprint density at radius 3 is 2.79 bits per heavy atom. The van der Waals surface area contributed by atoms with E-state index in [2.05, 4.69) is 40.5 Å². The van der Waals surface area contributed by atoms with Gasteiger partial charge in [0, 0.05) is 18.1 Å². The maximum Gasteiger partial charge on any atom is 0.119 e. The lowest BCUT2D eigenvalue weighted by atomic mass is 9.89. The molecule has 3 nitrogen and oxygen atoms in total. The molecule has 1 saturated heterocycles. The molecule has 0 unspecified atom stereocenters. The van der Waals surface area contributed by atoms with Gasteiger partial charge in [0.25, 0.3) is 0 Å². The van der Waals surface area contributed by atoms with Gasteiger partial charge in [0.15, 0.2) is 0 Å². The summed E-state index contributed by atoms with van der Waals surface area (Å²) in [6.07, 6.45) is 5.87. The summed E-state index contributed by atoms with van der Waals surface area (Å²) in [5, 5.41) is 4.41. The number of fused-ring (bicyclic) bond motifs is 1. The molecule has 0 aliphatic carbocycles. The van der Waals surface area contributed by atoms with E-state index in [9.17, 15) is 0 Å². The summed E-state index contributed by atoms with van der Waals surface area (Å²) >= 11 is 6.37. The minimum atomic E-state index is 0.606. The van der Waals surface area contributed by atoms with Crippen LogP contribution in [0.3, 0.4) is 0 Å². The minimum Gasteiger partial charge on any atom is -0.494 e. The van der Waals surface area contributed by atoms with Gasteiger partial charge >= 0.3 is 0 Å². The Balaban J connectivity index is 1.18. The normalized spacial score (nSPS) is 18.5. The number of hydrogen-bond acceptors (Lipinski definition) is 3. The van der Waals surface area contributed by atoms with E-state index in [0.29, 0.717) is 5.92 Å². The van der Waals surface area contributed by atoms with Gasteiger partial charge in [-0.3, -0.25) is 0 Å². The molecular formula is C24H31ClN2O. The van der Waals surface area contributed by atoms with Crippen LogP contribution in [0.5, 0.6) is 5.75 Å². The van der Waals surface area contributed by atoms with Gasteiger partial charge in [-0.15, -0.1) is 0 Å². The molecule has 1 fully saturated rings. The van der Waals surface area contributed by atoms with Gasteiger partial charge in [0.2, 0.25) is 0 Å². The third kappa shape index (κ3) is 5.08. The number of ether oxygens (including phenoxy) is 1. The number of nitrogens with one attached hydrogen (secondary N) is 1. The van der Waals surface area contributed by atoms with Gasteiger partial charge in [-0.25, -0.2) is 0 Å². The molecular weight excluding hydrogens is 368 g/mol. The molecule has 2 aromatic rings. The zero-order valence-electron chi connectivity index (χ0n) is 16.6. The van der Waals surface area contributed by atoms with Gasteiger partial charge in [0.1, 0.15) is 5.75 Å². The summed E-state index contributed by atoms with van der Waals surface area (Å²) in [6, 6.07) is 14.9. The quantitative estimate of drug-likeness (QED) is 0.691. The molecule has 150 valence electrons. The van der Waals surface area contributed by atoms with E-state index in [1.54, 1.807) is 0 Å². The van der Waals surface area contributed by atoms with E-state index in [1.165, 1.54) is 42.4 Å². The van der Waals surface area contributed by atoms with Crippen molar-refractivity contribution >= 4 is 11.6 Å². The third-order valence-electron chi connectivity index (χ3n) is 6.11. The summed E-state index contributed by atoms with van der Waals surface area (Å²) in [7, 11) is 0. The summed E-state index contributed by atoms with van der Waals surface area (Å²) in [5.41, 5.74) is 4.19. The first-order valence-electron chi connectivity index (χ1n) is 10.7. The van der Waals surface area contributed by atoms with Crippen LogP contribution in [-0.4, -0.2) is 37.7 Å². The van der Waals surface area contributed by atoms with Gasteiger partial charge < -0.3 is 15.0 Å². The number of hydrogen-bond donors (Lipinski definition) is 1. The zero-order valence-corrected chi connectivity index (χ0v) is 17.4. The van der Waals surface area contributed by atoms with Gasteiger partial charge in [-0.1, -0.05) is 35.9 Å². The molecule has 2 aliphatic heterocycles. The highest BCUT2D eigenvalue weighted by Gasteiger charge is 2.21. The number of benzene rings is 2. The van der Waals surface area contributed by atoms with Crippen molar-refractivity contribution < 1.29 is 4.74 Å². The van der Waals surface area contributed by atoms with Crippen molar-refractivity contribution in [3.8, 4) is 5.75 Å². The average molecular weight is 399 g/mol. The first-order valence-corrected chi connectivity index (χ1v) is 11.1. The van der Waals surface area contributed by atoms with Crippen molar-refractivity contribution in [1.29, 1.82) is 0 Å². The molecule has 0 atom stereocenters. The van der Waals surface area contributed by atoms with Crippen molar-refractivity contribution in [3.05, 3.63) is 64.2 Å². The Kier molecular flexibility index (Phi) is 6.90. The van der Waals surface area contributed by atoms with E-state index >= 15 is 0 Å². The zero-order chi connectivity index (χ0) is 19.2. The standard InChI is InChI=1S/C24H31ClN2O/c25-24-7-2-1-6-23(24)20-10-14-27(15-11-20)13-4-16-28-22-9-8-19-5-3-12-26-18-21(19)17-22/h1-2,6-9,17,20,26H,3-5,10-16,18H2. The van der Waals surface area contributed by atoms with E-state index < -0.39 is 0 Å². The molecule has 4 rings (SSSR count). The van der Waals surface area contributed by atoms with Crippen molar-refractivity contribution in [1.82, 2.24) is 10.2 Å². The molecule has 0 saturated carbocycles. The highest BCUT2D eigenvalue weighted by atomic mass is 35.5. The Bertz CT molecular complexity index is 771. The maximum atomic E-state index is 6.37. The van der Waals surface area contributed by atoms with E-state index in [-0.39, 0.29) is 0 Å². The predicted molar refractivity (Wildman–Crippen MR) is 116 cm³/mol. The van der Waals surface area contributed by atoms with Crippen LogP contribution in [0.25, 0.3) is 0 Å².